The summed E-state index contributed by atoms with van der Waals surface area (Å²) in [5.74, 6) is 0.687. The fourth-order valence-electron chi connectivity index (χ4n) is 4.79. The van der Waals surface area contributed by atoms with Crippen LogP contribution in [0.3, 0.4) is 0 Å². The molecule has 0 saturated carbocycles. The number of esters is 1. The Kier molecular flexibility index (Phi) is 5.62. The summed E-state index contributed by atoms with van der Waals surface area (Å²) >= 11 is 0. The SMILES string of the molecule is CCOC(=O)c1ccc(C=C(C)c2cc(OC)c3c(c2)C(C)(C)CC3(C)C)cc1. The molecule has 0 aromatic heterocycles. The molecule has 0 aliphatic heterocycles. The molecule has 2 aromatic rings. The average molecular weight is 393 g/mol. The van der Waals surface area contributed by atoms with E-state index in [1.807, 2.05) is 31.2 Å². The smallest absolute Gasteiger partial charge is 0.338 e. The predicted octanol–water partition coefficient (Wildman–Crippen LogP) is 6.39. The lowest BCUT2D eigenvalue weighted by molar-refractivity contribution is 0.0526. The maximum Gasteiger partial charge on any atom is 0.338 e. The summed E-state index contributed by atoms with van der Waals surface area (Å²) in [6.07, 6.45) is 3.25. The van der Waals surface area contributed by atoms with Crippen LogP contribution in [0.5, 0.6) is 5.75 Å². The molecule has 0 heterocycles. The van der Waals surface area contributed by atoms with Crippen molar-refractivity contribution in [1.82, 2.24) is 0 Å². The third kappa shape index (κ3) is 4.10. The molecule has 0 atom stereocenters. The zero-order chi connectivity index (χ0) is 21.4. The Morgan fingerprint density at radius 1 is 1.03 bits per heavy atom. The molecule has 1 aliphatic carbocycles. The van der Waals surface area contributed by atoms with Crippen molar-refractivity contribution in [3.05, 3.63) is 64.2 Å². The molecule has 0 saturated heterocycles. The lowest BCUT2D eigenvalue weighted by Gasteiger charge is -2.23. The Morgan fingerprint density at radius 3 is 2.28 bits per heavy atom. The fourth-order valence-corrected chi connectivity index (χ4v) is 4.79. The molecule has 0 amide bonds. The van der Waals surface area contributed by atoms with Gasteiger partial charge in [-0.25, -0.2) is 4.79 Å². The fraction of sp³-hybridized carbons (Fsp3) is 0.423. The van der Waals surface area contributed by atoms with Crippen LogP contribution in [-0.2, 0) is 15.6 Å². The van der Waals surface area contributed by atoms with Crippen LogP contribution < -0.4 is 4.74 Å². The predicted molar refractivity (Wildman–Crippen MR) is 120 cm³/mol. The molecule has 1 aliphatic rings. The van der Waals surface area contributed by atoms with Crippen LogP contribution in [0.15, 0.2) is 36.4 Å². The highest BCUT2D eigenvalue weighted by atomic mass is 16.5. The quantitative estimate of drug-likeness (QED) is 0.437. The van der Waals surface area contributed by atoms with Crippen molar-refractivity contribution in [3.8, 4) is 5.75 Å². The third-order valence-electron chi connectivity index (χ3n) is 5.87. The van der Waals surface area contributed by atoms with Gasteiger partial charge in [-0.05, 0) is 71.6 Å². The van der Waals surface area contributed by atoms with Crippen LogP contribution in [-0.4, -0.2) is 19.7 Å². The van der Waals surface area contributed by atoms with Crippen molar-refractivity contribution in [2.45, 2.75) is 58.8 Å². The molecule has 0 N–H and O–H groups in total. The van der Waals surface area contributed by atoms with Crippen LogP contribution in [0.4, 0.5) is 0 Å². The van der Waals surface area contributed by atoms with Gasteiger partial charge in [-0.3, -0.25) is 0 Å². The number of carbonyl (C=O) groups excluding carboxylic acids is 1. The summed E-state index contributed by atoms with van der Waals surface area (Å²) in [6.45, 7) is 13.5. The first-order chi connectivity index (χ1) is 13.6. The maximum absolute atomic E-state index is 11.8. The standard InChI is InChI=1S/C26H32O3/c1-8-29-24(27)19-11-9-18(10-12-19)13-17(2)20-14-21-23(22(15-20)28-7)26(5,6)16-25(21,3)4/h9-15H,8,16H2,1-7H3. The zero-order valence-corrected chi connectivity index (χ0v) is 18.7. The second kappa shape index (κ2) is 7.70. The minimum atomic E-state index is -0.284. The van der Waals surface area contributed by atoms with Gasteiger partial charge in [-0.1, -0.05) is 52.0 Å². The van der Waals surface area contributed by atoms with E-state index in [-0.39, 0.29) is 16.8 Å². The molecule has 0 radical (unpaired) electrons. The van der Waals surface area contributed by atoms with Gasteiger partial charge in [0.25, 0.3) is 0 Å². The second-order valence-electron chi connectivity index (χ2n) is 9.22. The molecule has 3 heteroatoms. The molecule has 29 heavy (non-hydrogen) atoms. The Bertz CT molecular complexity index is 947. The third-order valence-corrected chi connectivity index (χ3v) is 5.87. The highest BCUT2D eigenvalue weighted by Crippen LogP contribution is 2.53. The number of benzene rings is 2. The van der Waals surface area contributed by atoms with Crippen molar-refractivity contribution in [2.75, 3.05) is 13.7 Å². The zero-order valence-electron chi connectivity index (χ0n) is 18.7. The Hall–Kier alpha value is -2.55. The van der Waals surface area contributed by atoms with Gasteiger partial charge >= 0.3 is 5.97 Å². The van der Waals surface area contributed by atoms with Crippen molar-refractivity contribution < 1.29 is 14.3 Å². The van der Waals surface area contributed by atoms with Gasteiger partial charge in [0.05, 0.1) is 19.3 Å². The van der Waals surface area contributed by atoms with E-state index in [1.165, 1.54) is 16.7 Å². The summed E-state index contributed by atoms with van der Waals surface area (Å²) in [5.41, 5.74) is 6.88. The topological polar surface area (TPSA) is 35.5 Å². The van der Waals surface area contributed by atoms with E-state index >= 15 is 0 Å². The highest BCUT2D eigenvalue weighted by Gasteiger charge is 2.44. The lowest BCUT2D eigenvalue weighted by Crippen LogP contribution is -2.18. The molecule has 0 bridgehead atoms. The highest BCUT2D eigenvalue weighted by molar-refractivity contribution is 5.90. The number of hydrogen-bond acceptors (Lipinski definition) is 3. The van der Waals surface area contributed by atoms with E-state index in [0.29, 0.717) is 12.2 Å². The number of hydrogen-bond donors (Lipinski definition) is 0. The van der Waals surface area contributed by atoms with Crippen LogP contribution in [0.1, 0.15) is 80.6 Å². The normalized spacial score (nSPS) is 17.0. The number of allylic oxidation sites excluding steroid dienone is 1. The average Bonchev–Trinajstić information content (AvgIpc) is 2.86. The van der Waals surface area contributed by atoms with Crippen molar-refractivity contribution in [3.63, 3.8) is 0 Å². The van der Waals surface area contributed by atoms with Crippen molar-refractivity contribution in [1.29, 1.82) is 0 Å². The first kappa shape index (κ1) is 21.2. The number of rotatable bonds is 5. The molecule has 0 unspecified atom stereocenters. The van der Waals surface area contributed by atoms with Crippen LogP contribution in [0.2, 0.25) is 0 Å². The van der Waals surface area contributed by atoms with E-state index in [4.69, 9.17) is 9.47 Å². The van der Waals surface area contributed by atoms with E-state index in [9.17, 15) is 4.79 Å². The molecule has 3 nitrogen and oxygen atoms in total. The maximum atomic E-state index is 11.8. The summed E-state index contributed by atoms with van der Waals surface area (Å²) in [4.78, 5) is 11.8. The Balaban J connectivity index is 1.98. The van der Waals surface area contributed by atoms with Crippen molar-refractivity contribution >= 4 is 17.6 Å². The molecular formula is C26H32O3. The molecule has 3 rings (SSSR count). The molecular weight excluding hydrogens is 360 g/mol. The first-order valence-electron chi connectivity index (χ1n) is 10.3. The molecule has 0 spiro atoms. The van der Waals surface area contributed by atoms with Gasteiger partial charge in [-0.15, -0.1) is 0 Å². The number of carbonyl (C=O) groups is 1. The second-order valence-corrected chi connectivity index (χ2v) is 9.22. The minimum Gasteiger partial charge on any atom is -0.496 e. The molecule has 154 valence electrons. The summed E-state index contributed by atoms with van der Waals surface area (Å²) < 4.78 is 10.9. The van der Waals surface area contributed by atoms with Gasteiger partial charge in [0.1, 0.15) is 5.75 Å². The minimum absolute atomic E-state index is 0.100. The van der Waals surface area contributed by atoms with Gasteiger partial charge in [-0.2, -0.15) is 0 Å². The van der Waals surface area contributed by atoms with E-state index < -0.39 is 0 Å². The Morgan fingerprint density at radius 2 is 1.69 bits per heavy atom. The van der Waals surface area contributed by atoms with Gasteiger partial charge in [0.15, 0.2) is 0 Å². The monoisotopic (exact) mass is 392 g/mol. The van der Waals surface area contributed by atoms with E-state index in [0.717, 1.165) is 23.3 Å². The van der Waals surface area contributed by atoms with Crippen LogP contribution in [0.25, 0.3) is 11.6 Å². The molecule has 2 aromatic carbocycles. The number of methoxy groups -OCH3 is 1. The summed E-state index contributed by atoms with van der Waals surface area (Å²) in [5, 5.41) is 0. The van der Waals surface area contributed by atoms with Crippen molar-refractivity contribution in [2.24, 2.45) is 0 Å². The number of fused-ring (bicyclic) bond motifs is 1. The van der Waals surface area contributed by atoms with Gasteiger partial charge in [0.2, 0.25) is 0 Å². The first-order valence-corrected chi connectivity index (χ1v) is 10.3. The largest absolute Gasteiger partial charge is 0.496 e. The van der Waals surface area contributed by atoms with Crippen LogP contribution in [0, 0.1) is 0 Å². The number of ether oxygens (including phenoxy) is 2. The van der Waals surface area contributed by atoms with E-state index in [1.54, 1.807) is 7.11 Å². The van der Waals surface area contributed by atoms with E-state index in [2.05, 4.69) is 52.8 Å². The molecule has 0 fully saturated rings. The lowest BCUT2D eigenvalue weighted by atomic mass is 9.82. The van der Waals surface area contributed by atoms with Crippen LogP contribution >= 0.6 is 0 Å². The van der Waals surface area contributed by atoms with Gasteiger partial charge in [0, 0.05) is 5.56 Å². The Labute approximate surface area is 174 Å². The summed E-state index contributed by atoms with van der Waals surface area (Å²) in [6, 6.07) is 12.0. The van der Waals surface area contributed by atoms with Gasteiger partial charge < -0.3 is 9.47 Å². The summed E-state index contributed by atoms with van der Waals surface area (Å²) in [7, 11) is 1.76.